The third-order valence-electron chi connectivity index (χ3n) is 4.93. The Morgan fingerprint density at radius 3 is 2.54 bits per heavy atom. The molecule has 1 fully saturated rings. The van der Waals surface area contributed by atoms with Gasteiger partial charge in [0, 0.05) is 44.9 Å². The van der Waals surface area contributed by atoms with E-state index >= 15 is 0 Å². The molecular formula is C22H38IN3O2. The van der Waals surface area contributed by atoms with Crippen LogP contribution < -0.4 is 10.6 Å². The van der Waals surface area contributed by atoms with Crippen molar-refractivity contribution in [3.63, 3.8) is 0 Å². The molecule has 160 valence electrons. The van der Waals surface area contributed by atoms with Crippen LogP contribution in [0.2, 0.25) is 0 Å². The van der Waals surface area contributed by atoms with Crippen LogP contribution in [0.15, 0.2) is 35.3 Å². The lowest BCUT2D eigenvalue weighted by atomic mass is 9.74. The summed E-state index contributed by atoms with van der Waals surface area (Å²) >= 11 is 0. The lowest BCUT2D eigenvalue weighted by Gasteiger charge is -2.36. The van der Waals surface area contributed by atoms with Gasteiger partial charge in [0.15, 0.2) is 5.96 Å². The van der Waals surface area contributed by atoms with Gasteiger partial charge in [-0.15, -0.1) is 24.0 Å². The second-order valence-corrected chi connectivity index (χ2v) is 7.70. The number of rotatable bonds is 10. The van der Waals surface area contributed by atoms with Crippen LogP contribution in [-0.2, 0) is 14.9 Å². The van der Waals surface area contributed by atoms with Gasteiger partial charge in [0.2, 0.25) is 0 Å². The van der Waals surface area contributed by atoms with Gasteiger partial charge in [-0.05, 0) is 37.7 Å². The van der Waals surface area contributed by atoms with Crippen molar-refractivity contribution in [2.45, 2.75) is 45.4 Å². The van der Waals surface area contributed by atoms with E-state index in [9.17, 15) is 0 Å². The van der Waals surface area contributed by atoms with Crippen LogP contribution in [0.1, 0.15) is 45.6 Å². The minimum Gasteiger partial charge on any atom is -0.381 e. The Bertz CT molecular complexity index is 546. The van der Waals surface area contributed by atoms with Crippen LogP contribution in [0.3, 0.4) is 0 Å². The Balaban J connectivity index is 0.00000392. The summed E-state index contributed by atoms with van der Waals surface area (Å²) in [5.41, 5.74) is 1.44. The number of aliphatic imine (C=N–C) groups is 1. The number of guanidine groups is 1. The van der Waals surface area contributed by atoms with Crippen molar-refractivity contribution < 1.29 is 9.47 Å². The van der Waals surface area contributed by atoms with Gasteiger partial charge < -0.3 is 20.1 Å². The first-order valence-electron chi connectivity index (χ1n) is 10.4. The second-order valence-electron chi connectivity index (χ2n) is 7.70. The zero-order valence-corrected chi connectivity index (χ0v) is 20.0. The Labute approximate surface area is 188 Å². The van der Waals surface area contributed by atoms with E-state index in [-0.39, 0.29) is 29.4 Å². The maximum atomic E-state index is 5.65. The summed E-state index contributed by atoms with van der Waals surface area (Å²) in [7, 11) is 0. The maximum absolute atomic E-state index is 5.65. The van der Waals surface area contributed by atoms with Crippen molar-refractivity contribution in [1.29, 1.82) is 0 Å². The van der Waals surface area contributed by atoms with Gasteiger partial charge in [0.1, 0.15) is 0 Å². The van der Waals surface area contributed by atoms with Gasteiger partial charge in [-0.2, -0.15) is 0 Å². The van der Waals surface area contributed by atoms with E-state index in [1.807, 2.05) is 0 Å². The van der Waals surface area contributed by atoms with Crippen molar-refractivity contribution in [3.8, 4) is 0 Å². The van der Waals surface area contributed by atoms with Crippen molar-refractivity contribution in [2.75, 3.05) is 46.1 Å². The molecule has 1 heterocycles. The van der Waals surface area contributed by atoms with Crippen LogP contribution in [-0.4, -0.2) is 52.0 Å². The molecule has 0 bridgehead atoms. The first kappa shape index (κ1) is 25.2. The third kappa shape index (κ3) is 8.66. The summed E-state index contributed by atoms with van der Waals surface area (Å²) in [5, 5.41) is 6.81. The molecule has 0 aromatic heterocycles. The molecule has 0 radical (unpaired) electrons. The molecule has 1 aromatic rings. The predicted molar refractivity (Wildman–Crippen MR) is 128 cm³/mol. The van der Waals surface area contributed by atoms with Gasteiger partial charge in [-0.25, -0.2) is 0 Å². The van der Waals surface area contributed by atoms with E-state index in [0.29, 0.717) is 5.92 Å². The van der Waals surface area contributed by atoms with E-state index in [1.165, 1.54) is 5.56 Å². The van der Waals surface area contributed by atoms with Crippen molar-refractivity contribution in [2.24, 2.45) is 10.9 Å². The van der Waals surface area contributed by atoms with E-state index < -0.39 is 0 Å². The molecule has 28 heavy (non-hydrogen) atoms. The monoisotopic (exact) mass is 503 g/mol. The lowest BCUT2D eigenvalue weighted by Crippen LogP contribution is -2.41. The molecule has 5 nitrogen and oxygen atoms in total. The number of halogens is 1. The van der Waals surface area contributed by atoms with Gasteiger partial charge in [-0.3, -0.25) is 4.99 Å². The van der Waals surface area contributed by atoms with E-state index in [0.717, 1.165) is 71.3 Å². The summed E-state index contributed by atoms with van der Waals surface area (Å²) in [6.07, 6.45) is 3.01. The van der Waals surface area contributed by atoms with Crippen molar-refractivity contribution in [3.05, 3.63) is 35.9 Å². The zero-order valence-electron chi connectivity index (χ0n) is 17.7. The fraction of sp³-hybridized carbons (Fsp3) is 0.682. The highest BCUT2D eigenvalue weighted by atomic mass is 127. The summed E-state index contributed by atoms with van der Waals surface area (Å²) < 4.78 is 11.3. The average Bonchev–Trinajstić information content (AvgIpc) is 2.70. The molecule has 0 saturated carbocycles. The molecule has 1 saturated heterocycles. The van der Waals surface area contributed by atoms with Crippen LogP contribution in [0.4, 0.5) is 0 Å². The molecule has 1 aromatic carbocycles. The predicted octanol–water partition coefficient (Wildman–Crippen LogP) is 3.97. The highest BCUT2D eigenvalue weighted by Gasteiger charge is 2.34. The highest BCUT2D eigenvalue weighted by molar-refractivity contribution is 14.0. The highest BCUT2D eigenvalue weighted by Crippen LogP contribution is 2.35. The van der Waals surface area contributed by atoms with E-state index in [2.05, 4.69) is 61.7 Å². The van der Waals surface area contributed by atoms with Gasteiger partial charge in [-0.1, -0.05) is 44.2 Å². The first-order valence-corrected chi connectivity index (χ1v) is 10.4. The molecule has 0 spiro atoms. The number of ether oxygens (including phenoxy) is 2. The molecular weight excluding hydrogens is 465 g/mol. The first-order chi connectivity index (χ1) is 13.2. The second kappa shape index (κ2) is 14.2. The van der Waals surface area contributed by atoms with E-state index in [4.69, 9.17) is 14.5 Å². The number of benzene rings is 1. The van der Waals surface area contributed by atoms with Crippen LogP contribution in [0.5, 0.6) is 0 Å². The van der Waals surface area contributed by atoms with Crippen LogP contribution in [0, 0.1) is 5.92 Å². The summed E-state index contributed by atoms with van der Waals surface area (Å²) in [4.78, 5) is 4.93. The Hall–Kier alpha value is -0.860. The summed E-state index contributed by atoms with van der Waals surface area (Å²) in [6, 6.07) is 10.8. The smallest absolute Gasteiger partial charge is 0.191 e. The SMILES string of the molecule is CCNC(=NCC1(c2ccccc2)CCOCC1)NCCCOCC(C)C.I. The number of hydrogen-bond acceptors (Lipinski definition) is 3. The number of nitrogens with zero attached hydrogens (tertiary/aromatic N) is 1. The summed E-state index contributed by atoms with van der Waals surface area (Å²) in [6.45, 7) is 12.2. The average molecular weight is 503 g/mol. The quantitative estimate of drug-likeness (QED) is 0.220. The lowest BCUT2D eigenvalue weighted by molar-refractivity contribution is 0.0531. The third-order valence-corrected chi connectivity index (χ3v) is 4.93. The molecule has 2 N–H and O–H groups in total. The molecule has 2 rings (SSSR count). The topological polar surface area (TPSA) is 54.9 Å². The van der Waals surface area contributed by atoms with Crippen molar-refractivity contribution in [1.82, 2.24) is 10.6 Å². The Kier molecular flexibility index (Phi) is 12.7. The Morgan fingerprint density at radius 2 is 1.89 bits per heavy atom. The molecule has 0 atom stereocenters. The minimum atomic E-state index is 0. The maximum Gasteiger partial charge on any atom is 0.191 e. The van der Waals surface area contributed by atoms with Gasteiger partial charge >= 0.3 is 0 Å². The zero-order chi connectivity index (χ0) is 19.4. The van der Waals surface area contributed by atoms with Crippen molar-refractivity contribution >= 4 is 29.9 Å². The number of nitrogens with one attached hydrogen (secondary N) is 2. The van der Waals surface area contributed by atoms with Gasteiger partial charge in [0.25, 0.3) is 0 Å². The van der Waals surface area contributed by atoms with E-state index in [1.54, 1.807) is 0 Å². The van der Waals surface area contributed by atoms with Crippen LogP contribution in [0.25, 0.3) is 0 Å². The standard InChI is InChI=1S/C22H37N3O2.HI/c1-4-23-21(24-13-8-14-27-17-19(2)3)25-18-22(11-15-26-16-12-22)20-9-6-5-7-10-20;/h5-7,9-10,19H,4,8,11-18H2,1-3H3,(H2,23,24,25);1H. The normalized spacial score (nSPS) is 16.5. The fourth-order valence-corrected chi connectivity index (χ4v) is 3.36. The molecule has 0 aliphatic carbocycles. The van der Waals surface area contributed by atoms with Crippen LogP contribution >= 0.6 is 24.0 Å². The molecule has 1 aliphatic rings. The molecule has 0 unspecified atom stereocenters. The summed E-state index contributed by atoms with van der Waals surface area (Å²) in [5.74, 6) is 1.48. The molecule has 6 heteroatoms. The van der Waals surface area contributed by atoms with Gasteiger partial charge in [0.05, 0.1) is 6.54 Å². The minimum absolute atomic E-state index is 0. The fourth-order valence-electron chi connectivity index (χ4n) is 3.36. The molecule has 0 amide bonds. The Morgan fingerprint density at radius 1 is 1.18 bits per heavy atom. The molecule has 1 aliphatic heterocycles. The largest absolute Gasteiger partial charge is 0.381 e. The number of hydrogen-bond donors (Lipinski definition) is 2.